The van der Waals surface area contributed by atoms with Crippen molar-refractivity contribution in [2.45, 2.75) is 31.8 Å². The lowest BCUT2D eigenvalue weighted by Crippen LogP contribution is -2.30. The van der Waals surface area contributed by atoms with E-state index in [4.69, 9.17) is 9.26 Å². The Bertz CT molecular complexity index is 707. The molecule has 0 saturated heterocycles. The molecule has 1 N–H and O–H groups in total. The fourth-order valence-corrected chi connectivity index (χ4v) is 3.32. The minimum atomic E-state index is -1.38. The van der Waals surface area contributed by atoms with Crippen LogP contribution in [0, 0.1) is 13.8 Å². The number of hydrogen-bond acceptors (Lipinski definition) is 5. The molecule has 0 fully saturated rings. The summed E-state index contributed by atoms with van der Waals surface area (Å²) in [4.78, 5) is 12.3. The Morgan fingerprint density at radius 3 is 2.70 bits per heavy atom. The first kappa shape index (κ1) is 17.2. The smallest absolute Gasteiger partial charge is 0.239 e. The zero-order valence-electron chi connectivity index (χ0n) is 13.6. The zero-order valence-corrected chi connectivity index (χ0v) is 14.4. The third kappa shape index (κ3) is 3.98. The van der Waals surface area contributed by atoms with Crippen molar-refractivity contribution in [2.75, 3.05) is 12.4 Å². The molecule has 124 valence electrons. The molecule has 2 aromatic rings. The molecule has 0 aliphatic carbocycles. The van der Waals surface area contributed by atoms with Gasteiger partial charge >= 0.3 is 0 Å². The van der Waals surface area contributed by atoms with Gasteiger partial charge in [0.05, 0.1) is 24.2 Å². The second-order valence-corrected chi connectivity index (χ2v) is 6.92. The number of hydrogen-bond donors (Lipinski definition) is 1. The summed E-state index contributed by atoms with van der Waals surface area (Å²) in [5.41, 5.74) is 2.05. The number of methoxy groups -OCH3 is 1. The van der Waals surface area contributed by atoms with Gasteiger partial charge in [0.1, 0.15) is 16.8 Å². The van der Waals surface area contributed by atoms with Gasteiger partial charge in [-0.25, -0.2) is 0 Å². The number of amides is 1. The fourth-order valence-electron chi connectivity index (χ4n) is 2.08. The summed E-state index contributed by atoms with van der Waals surface area (Å²) in [6.45, 7) is 5.20. The summed E-state index contributed by atoms with van der Waals surface area (Å²) in [6.07, 6.45) is 0. The van der Waals surface area contributed by atoms with Gasteiger partial charge in [-0.3, -0.25) is 9.00 Å². The van der Waals surface area contributed by atoms with Crippen LogP contribution in [-0.4, -0.2) is 27.6 Å². The van der Waals surface area contributed by atoms with Crippen LogP contribution in [0.3, 0.4) is 0 Å². The maximum atomic E-state index is 12.5. The second-order valence-electron chi connectivity index (χ2n) is 5.16. The number of carbonyl (C=O) groups is 1. The van der Waals surface area contributed by atoms with Crippen molar-refractivity contribution in [1.29, 1.82) is 0 Å². The third-order valence-electron chi connectivity index (χ3n) is 3.60. The number of aromatic nitrogens is 1. The van der Waals surface area contributed by atoms with E-state index in [2.05, 4.69) is 10.5 Å². The average molecular weight is 336 g/mol. The van der Waals surface area contributed by atoms with Gasteiger partial charge in [0.25, 0.3) is 0 Å². The van der Waals surface area contributed by atoms with Gasteiger partial charge in [0.2, 0.25) is 5.91 Å². The fraction of sp³-hybridized carbons (Fsp3) is 0.375. The molecule has 0 unspecified atom stereocenters. The molecular formula is C16H20N2O4S. The third-order valence-corrected chi connectivity index (χ3v) is 5.17. The molecule has 2 rings (SSSR count). The average Bonchev–Trinajstić information content (AvgIpc) is 2.86. The van der Waals surface area contributed by atoms with Crippen LogP contribution in [0.5, 0.6) is 5.75 Å². The predicted molar refractivity (Wildman–Crippen MR) is 88.9 cm³/mol. The second kappa shape index (κ2) is 7.41. The van der Waals surface area contributed by atoms with E-state index in [0.717, 1.165) is 5.56 Å². The first-order valence-electron chi connectivity index (χ1n) is 7.16. The van der Waals surface area contributed by atoms with Crippen LogP contribution in [0.25, 0.3) is 0 Å². The molecule has 6 nitrogen and oxygen atoms in total. The molecule has 7 heteroatoms. The van der Waals surface area contributed by atoms with Gasteiger partial charge in [-0.2, -0.15) is 0 Å². The molecule has 0 saturated carbocycles. The molecule has 1 heterocycles. The predicted octanol–water partition coefficient (Wildman–Crippen LogP) is 2.58. The normalized spacial score (nSPS) is 13.4. The Kier molecular flexibility index (Phi) is 5.54. The lowest BCUT2D eigenvalue weighted by atomic mass is 10.2. The highest BCUT2D eigenvalue weighted by atomic mass is 32.2. The lowest BCUT2D eigenvalue weighted by molar-refractivity contribution is -0.115. The van der Waals surface area contributed by atoms with Crippen molar-refractivity contribution >= 4 is 22.4 Å². The Labute approximate surface area is 137 Å². The number of carbonyl (C=O) groups excluding carboxylic acids is 1. The topological polar surface area (TPSA) is 81.4 Å². The largest absolute Gasteiger partial charge is 0.495 e. The summed E-state index contributed by atoms with van der Waals surface area (Å²) >= 11 is 0. The van der Waals surface area contributed by atoms with Crippen LogP contribution < -0.4 is 10.1 Å². The van der Waals surface area contributed by atoms with Crippen molar-refractivity contribution < 1.29 is 18.3 Å². The Morgan fingerprint density at radius 2 is 2.09 bits per heavy atom. The molecule has 1 aromatic carbocycles. The van der Waals surface area contributed by atoms with E-state index in [1.54, 1.807) is 39.0 Å². The first-order valence-corrected chi connectivity index (χ1v) is 8.55. The van der Waals surface area contributed by atoms with E-state index in [-0.39, 0.29) is 11.7 Å². The van der Waals surface area contributed by atoms with E-state index in [1.165, 1.54) is 7.11 Å². The van der Waals surface area contributed by atoms with Crippen LogP contribution in [-0.2, 0) is 21.3 Å². The number of rotatable bonds is 6. The highest BCUT2D eigenvalue weighted by Gasteiger charge is 2.23. The van der Waals surface area contributed by atoms with Crippen molar-refractivity contribution in [3.05, 3.63) is 41.3 Å². The number of para-hydroxylation sites is 2. The lowest BCUT2D eigenvalue weighted by Gasteiger charge is -2.14. The SMILES string of the molecule is COc1ccccc1NC(=O)[C@@H](C)[S@](=O)Cc1c(C)noc1C. The molecule has 1 aromatic heterocycles. The van der Waals surface area contributed by atoms with E-state index in [0.29, 0.717) is 22.9 Å². The van der Waals surface area contributed by atoms with Crippen LogP contribution in [0.4, 0.5) is 5.69 Å². The molecule has 23 heavy (non-hydrogen) atoms. The monoisotopic (exact) mass is 336 g/mol. The molecule has 0 aliphatic heterocycles. The molecule has 0 spiro atoms. The Morgan fingerprint density at radius 1 is 1.39 bits per heavy atom. The Hall–Kier alpha value is -2.15. The molecule has 0 aliphatic rings. The Balaban J connectivity index is 2.06. The number of benzene rings is 1. The van der Waals surface area contributed by atoms with Crippen molar-refractivity contribution in [3.8, 4) is 5.75 Å². The molecule has 1 amide bonds. The van der Waals surface area contributed by atoms with Gasteiger partial charge in [0.15, 0.2) is 0 Å². The van der Waals surface area contributed by atoms with Gasteiger partial charge in [-0.1, -0.05) is 17.3 Å². The molecule has 0 radical (unpaired) electrons. The molecular weight excluding hydrogens is 316 g/mol. The van der Waals surface area contributed by atoms with Gasteiger partial charge in [-0.05, 0) is 32.9 Å². The van der Waals surface area contributed by atoms with E-state index >= 15 is 0 Å². The van der Waals surface area contributed by atoms with E-state index < -0.39 is 16.0 Å². The minimum Gasteiger partial charge on any atom is -0.495 e. The molecule has 2 atom stereocenters. The van der Waals surface area contributed by atoms with Crippen LogP contribution in [0.15, 0.2) is 28.8 Å². The summed E-state index contributed by atoms with van der Waals surface area (Å²) in [7, 11) is 0.152. The summed E-state index contributed by atoms with van der Waals surface area (Å²) < 4.78 is 22.7. The summed E-state index contributed by atoms with van der Waals surface area (Å²) in [5, 5.41) is 5.92. The van der Waals surface area contributed by atoms with Crippen LogP contribution in [0.1, 0.15) is 23.9 Å². The minimum absolute atomic E-state index is 0.238. The number of ether oxygens (including phenoxy) is 1. The van der Waals surface area contributed by atoms with Crippen molar-refractivity contribution in [2.24, 2.45) is 0 Å². The standard InChI is InChI=1S/C16H20N2O4S/c1-10-13(11(2)22-18-10)9-23(20)12(3)16(19)17-14-7-5-6-8-15(14)21-4/h5-8,12H,9H2,1-4H3,(H,17,19)/t12-,23-/m1/s1. The van der Waals surface area contributed by atoms with Gasteiger partial charge in [-0.15, -0.1) is 0 Å². The van der Waals surface area contributed by atoms with Crippen molar-refractivity contribution in [1.82, 2.24) is 5.16 Å². The van der Waals surface area contributed by atoms with E-state index in [9.17, 15) is 9.00 Å². The maximum Gasteiger partial charge on any atom is 0.239 e. The van der Waals surface area contributed by atoms with Gasteiger partial charge in [0, 0.05) is 16.4 Å². The number of nitrogens with one attached hydrogen (secondary N) is 1. The molecule has 0 bridgehead atoms. The van der Waals surface area contributed by atoms with Crippen molar-refractivity contribution in [3.63, 3.8) is 0 Å². The summed E-state index contributed by atoms with van der Waals surface area (Å²) in [6, 6.07) is 7.10. The maximum absolute atomic E-state index is 12.5. The highest BCUT2D eigenvalue weighted by Crippen LogP contribution is 2.24. The quantitative estimate of drug-likeness (QED) is 0.877. The van der Waals surface area contributed by atoms with Crippen LogP contribution >= 0.6 is 0 Å². The van der Waals surface area contributed by atoms with E-state index in [1.807, 2.05) is 6.07 Å². The van der Waals surface area contributed by atoms with Crippen LogP contribution in [0.2, 0.25) is 0 Å². The number of nitrogens with zero attached hydrogens (tertiary/aromatic N) is 1. The number of aryl methyl sites for hydroxylation is 2. The number of anilines is 1. The zero-order chi connectivity index (χ0) is 17.0. The van der Waals surface area contributed by atoms with Gasteiger partial charge < -0.3 is 14.6 Å². The first-order chi connectivity index (χ1) is 10.9. The highest BCUT2D eigenvalue weighted by molar-refractivity contribution is 7.85. The summed E-state index contributed by atoms with van der Waals surface area (Å²) in [5.74, 6) is 1.11.